The number of halogens is 1. The van der Waals surface area contributed by atoms with Crippen LogP contribution in [0.1, 0.15) is 19.3 Å². The van der Waals surface area contributed by atoms with Crippen molar-refractivity contribution in [2.75, 3.05) is 18.0 Å². The Morgan fingerprint density at radius 3 is 2.65 bits per heavy atom. The summed E-state index contributed by atoms with van der Waals surface area (Å²) in [7, 11) is 0. The second kappa shape index (κ2) is 4.32. The van der Waals surface area contributed by atoms with Crippen LogP contribution in [-0.4, -0.2) is 18.1 Å². The number of nitrogens with zero attached hydrogens (tertiary/aromatic N) is 2. The van der Waals surface area contributed by atoms with Crippen LogP contribution in [0.4, 0.5) is 10.2 Å². The molecule has 0 atom stereocenters. The van der Waals surface area contributed by atoms with E-state index in [4.69, 9.17) is 0 Å². The highest BCUT2D eigenvalue weighted by Gasteiger charge is 2.12. The fraction of sp³-hybridized carbons (Fsp3) is 0.357. The van der Waals surface area contributed by atoms with E-state index in [1.54, 1.807) is 6.07 Å². The lowest BCUT2D eigenvalue weighted by atomic mass is 10.1. The zero-order valence-corrected chi connectivity index (χ0v) is 9.69. The molecule has 3 rings (SSSR count). The first-order valence-corrected chi connectivity index (χ1v) is 6.14. The fourth-order valence-corrected chi connectivity index (χ4v) is 2.38. The first-order chi connectivity index (χ1) is 8.33. The van der Waals surface area contributed by atoms with E-state index >= 15 is 0 Å². The molecule has 2 aromatic rings. The summed E-state index contributed by atoms with van der Waals surface area (Å²) >= 11 is 0. The number of piperidine rings is 1. The Balaban J connectivity index is 1.98. The van der Waals surface area contributed by atoms with Crippen molar-refractivity contribution in [1.29, 1.82) is 0 Å². The molecule has 1 fully saturated rings. The van der Waals surface area contributed by atoms with Gasteiger partial charge in [0.15, 0.2) is 0 Å². The number of pyridine rings is 1. The minimum absolute atomic E-state index is 0.204. The molecule has 0 aliphatic carbocycles. The first-order valence-electron chi connectivity index (χ1n) is 6.14. The van der Waals surface area contributed by atoms with Crippen LogP contribution in [0.5, 0.6) is 0 Å². The third-order valence-corrected chi connectivity index (χ3v) is 3.32. The number of fused-ring (bicyclic) bond motifs is 1. The van der Waals surface area contributed by atoms with Gasteiger partial charge in [0, 0.05) is 18.5 Å². The molecular weight excluding hydrogens is 215 g/mol. The Bertz CT molecular complexity index is 533. The van der Waals surface area contributed by atoms with E-state index in [1.807, 2.05) is 12.1 Å². The van der Waals surface area contributed by atoms with Gasteiger partial charge in [-0.05, 0) is 49.6 Å². The van der Waals surface area contributed by atoms with Crippen molar-refractivity contribution in [3.63, 3.8) is 0 Å². The molecular formula is C14H15FN2. The van der Waals surface area contributed by atoms with Gasteiger partial charge in [0.25, 0.3) is 0 Å². The maximum absolute atomic E-state index is 13.1. The summed E-state index contributed by atoms with van der Waals surface area (Å²) in [5.41, 5.74) is 0.870. The highest BCUT2D eigenvalue weighted by molar-refractivity contribution is 5.80. The summed E-state index contributed by atoms with van der Waals surface area (Å²) in [6.45, 7) is 2.17. The van der Waals surface area contributed by atoms with Crippen LogP contribution in [0.25, 0.3) is 10.9 Å². The molecule has 88 valence electrons. The lowest BCUT2D eigenvalue weighted by molar-refractivity contribution is 0.574. The molecule has 0 N–H and O–H groups in total. The smallest absolute Gasteiger partial charge is 0.129 e. The summed E-state index contributed by atoms with van der Waals surface area (Å²) < 4.78 is 13.1. The van der Waals surface area contributed by atoms with Crippen molar-refractivity contribution >= 4 is 16.7 Å². The minimum atomic E-state index is -0.204. The van der Waals surface area contributed by atoms with Gasteiger partial charge in [0.05, 0.1) is 5.52 Å². The molecule has 0 unspecified atom stereocenters. The van der Waals surface area contributed by atoms with Crippen molar-refractivity contribution in [2.45, 2.75) is 19.3 Å². The van der Waals surface area contributed by atoms with Crippen LogP contribution in [0.2, 0.25) is 0 Å². The summed E-state index contributed by atoms with van der Waals surface area (Å²) in [6, 6.07) is 8.69. The van der Waals surface area contributed by atoms with Gasteiger partial charge in [0.1, 0.15) is 11.6 Å². The molecule has 2 heterocycles. The zero-order chi connectivity index (χ0) is 11.7. The molecule has 0 saturated carbocycles. The van der Waals surface area contributed by atoms with E-state index in [0.717, 1.165) is 29.8 Å². The van der Waals surface area contributed by atoms with Gasteiger partial charge in [-0.15, -0.1) is 0 Å². The molecule has 2 nitrogen and oxygen atoms in total. The Hall–Kier alpha value is -1.64. The first kappa shape index (κ1) is 10.5. The van der Waals surface area contributed by atoms with E-state index in [0.29, 0.717) is 0 Å². The molecule has 3 heteroatoms. The maximum atomic E-state index is 13.1. The second-order valence-electron chi connectivity index (χ2n) is 4.55. The SMILES string of the molecule is Fc1ccc2nc(N3CCCCC3)ccc2c1. The summed E-state index contributed by atoms with van der Waals surface area (Å²) in [6.07, 6.45) is 3.79. The molecule has 1 aliphatic heterocycles. The number of rotatable bonds is 1. The second-order valence-corrected chi connectivity index (χ2v) is 4.55. The molecule has 0 spiro atoms. The fourth-order valence-electron chi connectivity index (χ4n) is 2.38. The molecule has 1 aliphatic rings. The van der Waals surface area contributed by atoms with Crippen molar-refractivity contribution in [3.05, 3.63) is 36.1 Å². The van der Waals surface area contributed by atoms with Gasteiger partial charge in [0.2, 0.25) is 0 Å². The quantitative estimate of drug-likeness (QED) is 0.746. The van der Waals surface area contributed by atoms with Gasteiger partial charge < -0.3 is 4.90 Å². The summed E-state index contributed by atoms with van der Waals surface area (Å²) in [4.78, 5) is 6.91. The van der Waals surface area contributed by atoms with Gasteiger partial charge >= 0.3 is 0 Å². The van der Waals surface area contributed by atoms with Crippen LogP contribution >= 0.6 is 0 Å². The number of benzene rings is 1. The van der Waals surface area contributed by atoms with E-state index in [1.165, 1.54) is 31.4 Å². The van der Waals surface area contributed by atoms with Gasteiger partial charge in [-0.25, -0.2) is 9.37 Å². The van der Waals surface area contributed by atoms with Crippen LogP contribution in [-0.2, 0) is 0 Å². The Morgan fingerprint density at radius 1 is 1.00 bits per heavy atom. The van der Waals surface area contributed by atoms with Crippen LogP contribution in [0, 0.1) is 5.82 Å². The third-order valence-electron chi connectivity index (χ3n) is 3.32. The van der Waals surface area contributed by atoms with Crippen LogP contribution < -0.4 is 4.90 Å². The molecule has 1 saturated heterocycles. The highest BCUT2D eigenvalue weighted by atomic mass is 19.1. The molecule has 0 amide bonds. The number of hydrogen-bond donors (Lipinski definition) is 0. The molecule has 17 heavy (non-hydrogen) atoms. The largest absolute Gasteiger partial charge is 0.357 e. The third kappa shape index (κ3) is 2.09. The predicted octanol–water partition coefficient (Wildman–Crippen LogP) is 3.36. The van der Waals surface area contributed by atoms with E-state index in [-0.39, 0.29) is 5.82 Å². The standard InChI is InChI=1S/C14H15FN2/c15-12-5-6-13-11(10-12)4-7-14(16-13)17-8-2-1-3-9-17/h4-7,10H,1-3,8-9H2. The average Bonchev–Trinajstić information content (AvgIpc) is 2.39. The predicted molar refractivity (Wildman–Crippen MR) is 67.8 cm³/mol. The number of hydrogen-bond acceptors (Lipinski definition) is 2. The summed E-state index contributed by atoms with van der Waals surface area (Å²) in [5.74, 6) is 0.814. The molecule has 1 aromatic heterocycles. The van der Waals surface area contributed by atoms with Crippen molar-refractivity contribution in [2.24, 2.45) is 0 Å². The molecule has 0 radical (unpaired) electrons. The van der Waals surface area contributed by atoms with Gasteiger partial charge in [-0.2, -0.15) is 0 Å². The minimum Gasteiger partial charge on any atom is -0.357 e. The molecule has 1 aromatic carbocycles. The normalized spacial score (nSPS) is 16.4. The van der Waals surface area contributed by atoms with Gasteiger partial charge in [-0.1, -0.05) is 0 Å². The number of aromatic nitrogens is 1. The highest BCUT2D eigenvalue weighted by Crippen LogP contribution is 2.21. The number of anilines is 1. The van der Waals surface area contributed by atoms with E-state index < -0.39 is 0 Å². The Morgan fingerprint density at radius 2 is 1.82 bits per heavy atom. The topological polar surface area (TPSA) is 16.1 Å². The van der Waals surface area contributed by atoms with Crippen LogP contribution in [0.15, 0.2) is 30.3 Å². The Labute approximate surface area is 100 Å². The van der Waals surface area contributed by atoms with Crippen molar-refractivity contribution in [3.8, 4) is 0 Å². The average molecular weight is 230 g/mol. The molecule has 0 bridgehead atoms. The Kier molecular flexibility index (Phi) is 2.67. The lowest BCUT2D eigenvalue weighted by Gasteiger charge is -2.27. The van der Waals surface area contributed by atoms with Crippen molar-refractivity contribution < 1.29 is 4.39 Å². The summed E-state index contributed by atoms with van der Waals surface area (Å²) in [5, 5.41) is 0.866. The van der Waals surface area contributed by atoms with Crippen molar-refractivity contribution in [1.82, 2.24) is 4.98 Å². The maximum Gasteiger partial charge on any atom is 0.129 e. The van der Waals surface area contributed by atoms with E-state index in [2.05, 4.69) is 9.88 Å². The zero-order valence-electron chi connectivity index (χ0n) is 9.69. The lowest BCUT2D eigenvalue weighted by Crippen LogP contribution is -2.30. The monoisotopic (exact) mass is 230 g/mol. The van der Waals surface area contributed by atoms with E-state index in [9.17, 15) is 4.39 Å². The van der Waals surface area contributed by atoms with Gasteiger partial charge in [-0.3, -0.25) is 0 Å². The van der Waals surface area contributed by atoms with Crippen LogP contribution in [0.3, 0.4) is 0 Å².